The Hall–Kier alpha value is -2.08. The van der Waals surface area contributed by atoms with Gasteiger partial charge in [0.25, 0.3) is 10.0 Å². The van der Waals surface area contributed by atoms with Crippen LogP contribution in [0.4, 0.5) is 15.8 Å². The minimum Gasteiger partial charge on any atom is -0.384 e. The molecule has 4 nitrogen and oxygen atoms in total. The molecule has 0 aromatic heterocycles. The second-order valence-corrected chi connectivity index (χ2v) is 6.29. The highest BCUT2D eigenvalue weighted by atomic mass is 32.2. The van der Waals surface area contributed by atoms with Gasteiger partial charge in [0.2, 0.25) is 0 Å². The van der Waals surface area contributed by atoms with Crippen molar-refractivity contribution in [1.29, 1.82) is 0 Å². The third-order valence-electron chi connectivity index (χ3n) is 3.20. The van der Waals surface area contributed by atoms with E-state index in [1.165, 1.54) is 17.7 Å². The summed E-state index contributed by atoms with van der Waals surface area (Å²) in [4.78, 5) is 0.0346. The number of halogens is 1. The third-order valence-corrected chi connectivity index (χ3v) is 4.59. The van der Waals surface area contributed by atoms with Gasteiger partial charge in [-0.05, 0) is 48.4 Å². The second kappa shape index (κ2) is 4.79. The minimum absolute atomic E-state index is 0.0346. The number of nitrogens with one attached hydrogen (secondary N) is 2. The Labute approximate surface area is 116 Å². The Kier molecular flexibility index (Phi) is 3.10. The Morgan fingerprint density at radius 3 is 2.60 bits per heavy atom. The summed E-state index contributed by atoms with van der Waals surface area (Å²) in [5.74, 6) is -0.467. The summed E-state index contributed by atoms with van der Waals surface area (Å²) in [5, 5.41) is 3.19. The van der Waals surface area contributed by atoms with E-state index in [9.17, 15) is 12.8 Å². The predicted molar refractivity (Wildman–Crippen MR) is 75.8 cm³/mol. The summed E-state index contributed by atoms with van der Waals surface area (Å²) >= 11 is 0. The predicted octanol–water partition coefficient (Wildman–Crippen LogP) is 2.59. The molecule has 0 amide bonds. The van der Waals surface area contributed by atoms with Gasteiger partial charge in [0.1, 0.15) is 5.82 Å². The molecular weight excluding hydrogens is 279 g/mol. The molecule has 0 bridgehead atoms. The molecule has 20 heavy (non-hydrogen) atoms. The van der Waals surface area contributed by atoms with Crippen LogP contribution in [0.3, 0.4) is 0 Å². The number of rotatable bonds is 3. The molecule has 0 unspecified atom stereocenters. The van der Waals surface area contributed by atoms with Gasteiger partial charge in [-0.1, -0.05) is 6.07 Å². The lowest BCUT2D eigenvalue weighted by molar-refractivity contribution is 0.599. The fraction of sp³-hybridized carbons (Fsp3) is 0.143. The average molecular weight is 292 g/mol. The molecule has 0 saturated carbocycles. The largest absolute Gasteiger partial charge is 0.384 e. The van der Waals surface area contributed by atoms with Crippen molar-refractivity contribution >= 4 is 21.4 Å². The molecule has 0 fully saturated rings. The topological polar surface area (TPSA) is 58.2 Å². The first kappa shape index (κ1) is 12.9. The van der Waals surface area contributed by atoms with E-state index in [-0.39, 0.29) is 4.90 Å². The summed E-state index contributed by atoms with van der Waals surface area (Å²) < 4.78 is 39.6. The highest BCUT2D eigenvalue weighted by Crippen LogP contribution is 2.27. The summed E-state index contributed by atoms with van der Waals surface area (Å²) in [6.45, 7) is 0.865. The smallest absolute Gasteiger partial charge is 0.261 e. The maximum Gasteiger partial charge on any atom is 0.261 e. The lowest BCUT2D eigenvalue weighted by atomic mass is 10.1. The zero-order valence-corrected chi connectivity index (χ0v) is 11.4. The van der Waals surface area contributed by atoms with Crippen LogP contribution in [0.5, 0.6) is 0 Å². The third kappa shape index (κ3) is 2.46. The fourth-order valence-corrected chi connectivity index (χ4v) is 3.23. The number of fused-ring (bicyclic) bond motifs is 1. The Morgan fingerprint density at radius 1 is 1.10 bits per heavy atom. The molecule has 0 saturated heterocycles. The molecule has 2 N–H and O–H groups in total. The summed E-state index contributed by atoms with van der Waals surface area (Å²) in [6.07, 6.45) is 0.945. The molecule has 0 aliphatic carbocycles. The number of sulfonamides is 1. The second-order valence-electron chi connectivity index (χ2n) is 4.61. The first-order valence-corrected chi connectivity index (χ1v) is 7.68. The van der Waals surface area contributed by atoms with E-state index in [0.717, 1.165) is 30.8 Å². The van der Waals surface area contributed by atoms with Crippen molar-refractivity contribution in [3.63, 3.8) is 0 Å². The Morgan fingerprint density at radius 2 is 1.85 bits per heavy atom. The van der Waals surface area contributed by atoms with Crippen molar-refractivity contribution in [1.82, 2.24) is 0 Å². The standard InChI is InChI=1S/C14H13FN2O2S/c15-11-2-5-13(6-3-11)20(18,19)17-12-4-1-10-7-8-16-14(10)9-12/h1-6,9,16-17H,7-8H2. The minimum atomic E-state index is -3.69. The highest BCUT2D eigenvalue weighted by molar-refractivity contribution is 7.92. The maximum atomic E-state index is 12.8. The SMILES string of the molecule is O=S(=O)(Nc1ccc2c(c1)NCC2)c1ccc(F)cc1. The number of anilines is 2. The van der Waals surface area contributed by atoms with E-state index < -0.39 is 15.8 Å². The van der Waals surface area contributed by atoms with Crippen LogP contribution in [-0.4, -0.2) is 15.0 Å². The van der Waals surface area contributed by atoms with Crippen LogP contribution >= 0.6 is 0 Å². The molecule has 2 aromatic rings. The summed E-state index contributed by atoms with van der Waals surface area (Å²) in [6, 6.07) is 10.1. The van der Waals surface area contributed by atoms with Gasteiger partial charge in [-0.3, -0.25) is 4.72 Å². The van der Waals surface area contributed by atoms with Crippen LogP contribution in [0.1, 0.15) is 5.56 Å². The monoisotopic (exact) mass is 292 g/mol. The molecule has 1 heterocycles. The lowest BCUT2D eigenvalue weighted by Gasteiger charge is -2.09. The van der Waals surface area contributed by atoms with Gasteiger partial charge >= 0.3 is 0 Å². The molecule has 0 radical (unpaired) electrons. The molecular formula is C14H13FN2O2S. The zero-order chi connectivity index (χ0) is 14.2. The lowest BCUT2D eigenvalue weighted by Crippen LogP contribution is -2.13. The van der Waals surface area contributed by atoms with Crippen molar-refractivity contribution in [2.45, 2.75) is 11.3 Å². The van der Waals surface area contributed by atoms with Crippen LogP contribution in [0.15, 0.2) is 47.4 Å². The maximum absolute atomic E-state index is 12.8. The molecule has 1 aliphatic heterocycles. The van der Waals surface area contributed by atoms with Gasteiger partial charge in [0.05, 0.1) is 10.6 Å². The van der Waals surface area contributed by atoms with Crippen molar-refractivity contribution in [3.05, 3.63) is 53.8 Å². The molecule has 6 heteroatoms. The number of hydrogen-bond acceptors (Lipinski definition) is 3. The Bertz CT molecular complexity index is 742. The van der Waals surface area contributed by atoms with E-state index in [2.05, 4.69) is 10.0 Å². The van der Waals surface area contributed by atoms with Gasteiger partial charge in [0, 0.05) is 12.2 Å². The van der Waals surface area contributed by atoms with E-state index in [1.807, 2.05) is 6.07 Å². The highest BCUT2D eigenvalue weighted by Gasteiger charge is 2.16. The summed E-state index contributed by atoms with van der Waals surface area (Å²) in [7, 11) is -3.69. The van der Waals surface area contributed by atoms with Crippen molar-refractivity contribution < 1.29 is 12.8 Å². The van der Waals surface area contributed by atoms with Crippen LogP contribution in [0.25, 0.3) is 0 Å². The van der Waals surface area contributed by atoms with Crippen molar-refractivity contribution in [3.8, 4) is 0 Å². The van der Waals surface area contributed by atoms with Crippen LogP contribution in [0.2, 0.25) is 0 Å². The first-order chi connectivity index (χ1) is 9.54. The van der Waals surface area contributed by atoms with E-state index in [1.54, 1.807) is 12.1 Å². The first-order valence-electron chi connectivity index (χ1n) is 6.20. The Balaban J connectivity index is 1.88. The van der Waals surface area contributed by atoms with E-state index >= 15 is 0 Å². The van der Waals surface area contributed by atoms with E-state index in [0.29, 0.717) is 5.69 Å². The quantitative estimate of drug-likeness (QED) is 0.914. The van der Waals surface area contributed by atoms with Gasteiger partial charge in [-0.2, -0.15) is 0 Å². The molecule has 2 aromatic carbocycles. The number of benzene rings is 2. The van der Waals surface area contributed by atoms with Gasteiger partial charge < -0.3 is 5.32 Å². The molecule has 104 valence electrons. The normalized spacial score (nSPS) is 13.7. The molecule has 1 aliphatic rings. The number of hydrogen-bond donors (Lipinski definition) is 2. The van der Waals surface area contributed by atoms with Crippen LogP contribution in [-0.2, 0) is 16.4 Å². The van der Waals surface area contributed by atoms with Gasteiger partial charge in [-0.25, -0.2) is 12.8 Å². The molecule has 0 atom stereocenters. The van der Waals surface area contributed by atoms with Crippen LogP contribution < -0.4 is 10.0 Å². The average Bonchev–Trinajstić information content (AvgIpc) is 2.86. The zero-order valence-electron chi connectivity index (χ0n) is 10.6. The van der Waals surface area contributed by atoms with Crippen molar-refractivity contribution in [2.24, 2.45) is 0 Å². The van der Waals surface area contributed by atoms with Crippen molar-refractivity contribution in [2.75, 3.05) is 16.6 Å². The van der Waals surface area contributed by atoms with E-state index in [4.69, 9.17) is 0 Å². The van der Waals surface area contributed by atoms with Crippen LogP contribution in [0, 0.1) is 5.82 Å². The molecule has 0 spiro atoms. The van der Waals surface area contributed by atoms with Gasteiger partial charge in [0.15, 0.2) is 0 Å². The summed E-state index contributed by atoms with van der Waals surface area (Å²) in [5.41, 5.74) is 2.61. The fourth-order valence-electron chi connectivity index (χ4n) is 2.18. The molecule has 3 rings (SSSR count). The van der Waals surface area contributed by atoms with Gasteiger partial charge in [-0.15, -0.1) is 0 Å².